The zero-order valence-corrected chi connectivity index (χ0v) is 20.2. The van der Waals surface area contributed by atoms with Crippen LogP contribution in [0.4, 0.5) is 0 Å². The van der Waals surface area contributed by atoms with Crippen molar-refractivity contribution in [3.63, 3.8) is 0 Å². The molecule has 33 heavy (non-hydrogen) atoms. The van der Waals surface area contributed by atoms with E-state index in [2.05, 4.69) is 30.9 Å². The molecule has 0 radical (unpaired) electrons. The summed E-state index contributed by atoms with van der Waals surface area (Å²) in [6, 6.07) is 11.9. The molecule has 0 spiro atoms. The van der Waals surface area contributed by atoms with Gasteiger partial charge in [0.25, 0.3) is 0 Å². The highest BCUT2D eigenvalue weighted by atomic mass is 32.1. The van der Waals surface area contributed by atoms with Gasteiger partial charge in [-0.1, -0.05) is 62.3 Å². The lowest BCUT2D eigenvalue weighted by molar-refractivity contribution is 0.0702. The predicted molar refractivity (Wildman–Crippen MR) is 134 cm³/mol. The number of thiophene rings is 1. The summed E-state index contributed by atoms with van der Waals surface area (Å²) in [5, 5.41) is 28.8. The van der Waals surface area contributed by atoms with E-state index in [1.165, 1.54) is 16.9 Å². The molecular formula is C28H34O4S. The number of carboxylic acids is 1. The second-order valence-electron chi connectivity index (χ2n) is 8.68. The quantitative estimate of drug-likeness (QED) is 0.270. The molecule has 5 heteroatoms. The van der Waals surface area contributed by atoms with Gasteiger partial charge in [-0.15, -0.1) is 11.3 Å². The first kappa shape index (κ1) is 25.2. The van der Waals surface area contributed by atoms with E-state index in [0.717, 1.165) is 79.4 Å². The number of unbranched alkanes of at least 4 members (excludes halogenated alkanes) is 2. The Hall–Kier alpha value is -2.39. The van der Waals surface area contributed by atoms with E-state index < -0.39 is 12.1 Å². The second-order valence-corrected chi connectivity index (χ2v) is 9.85. The van der Waals surface area contributed by atoms with Crippen molar-refractivity contribution in [3.05, 3.63) is 62.9 Å². The first-order valence-electron chi connectivity index (χ1n) is 12.0. The minimum atomic E-state index is -0.863. The lowest BCUT2D eigenvalue weighted by Gasteiger charge is -2.17. The minimum Gasteiger partial charge on any atom is -0.477 e. The maximum absolute atomic E-state index is 11.1. The SMILES string of the molecule is CCCCCC(O)c1ccc(C2=C(C#CCO)CC[C@@H]2CCCc2ccc(C(=O)O)s2)cc1. The maximum Gasteiger partial charge on any atom is 0.345 e. The second kappa shape index (κ2) is 12.7. The Balaban J connectivity index is 1.70. The summed E-state index contributed by atoms with van der Waals surface area (Å²) in [6.07, 6.45) is 8.52. The van der Waals surface area contributed by atoms with Gasteiger partial charge in [-0.25, -0.2) is 4.79 Å². The van der Waals surface area contributed by atoms with Gasteiger partial charge in [0.15, 0.2) is 0 Å². The normalized spacial score (nSPS) is 16.5. The summed E-state index contributed by atoms with van der Waals surface area (Å²) in [6.45, 7) is 2.02. The van der Waals surface area contributed by atoms with E-state index in [9.17, 15) is 15.0 Å². The average molecular weight is 467 g/mol. The number of hydrogen-bond donors (Lipinski definition) is 3. The average Bonchev–Trinajstić information content (AvgIpc) is 3.45. The lowest BCUT2D eigenvalue weighted by atomic mass is 9.88. The molecule has 0 bridgehead atoms. The van der Waals surface area contributed by atoms with Crippen LogP contribution in [0.1, 0.15) is 90.1 Å². The van der Waals surface area contributed by atoms with Crippen molar-refractivity contribution in [1.82, 2.24) is 0 Å². The standard InChI is InChI=1S/C28H34O4S/c1-2-3-4-10-25(30)20-11-13-23(14-12-20)27-21(15-16-22(27)8-6-19-29)7-5-9-24-17-18-26(33-24)28(31)32/h11-14,17-18,21,25,29-30H,2-5,7,9-10,15-16,19H2,1H3,(H,31,32)/t21-,25?/m0/s1. The molecule has 2 aromatic rings. The molecule has 0 saturated carbocycles. The molecular weight excluding hydrogens is 432 g/mol. The van der Waals surface area contributed by atoms with Crippen molar-refractivity contribution in [2.45, 2.75) is 70.8 Å². The van der Waals surface area contributed by atoms with Crippen molar-refractivity contribution in [2.24, 2.45) is 5.92 Å². The van der Waals surface area contributed by atoms with E-state index in [4.69, 9.17) is 5.11 Å². The number of carboxylic acid groups (broad SMARTS) is 1. The van der Waals surface area contributed by atoms with Gasteiger partial charge in [-0.2, -0.15) is 0 Å². The highest BCUT2D eigenvalue weighted by Gasteiger charge is 2.26. The third kappa shape index (κ3) is 7.04. The molecule has 1 aromatic carbocycles. The summed E-state index contributed by atoms with van der Waals surface area (Å²) in [4.78, 5) is 12.6. The molecule has 4 nitrogen and oxygen atoms in total. The molecule has 0 aliphatic heterocycles. The van der Waals surface area contributed by atoms with Crippen molar-refractivity contribution >= 4 is 22.9 Å². The van der Waals surface area contributed by atoms with E-state index in [0.29, 0.717) is 10.8 Å². The van der Waals surface area contributed by atoms with E-state index >= 15 is 0 Å². The molecule has 1 aliphatic rings. The highest BCUT2D eigenvalue weighted by Crippen LogP contribution is 2.42. The summed E-state index contributed by atoms with van der Waals surface area (Å²) in [5.74, 6) is 5.52. The van der Waals surface area contributed by atoms with Gasteiger partial charge in [0, 0.05) is 10.5 Å². The van der Waals surface area contributed by atoms with Crippen LogP contribution in [0.2, 0.25) is 0 Å². The van der Waals surface area contributed by atoms with Gasteiger partial charge in [0.05, 0.1) is 6.10 Å². The van der Waals surface area contributed by atoms with Crippen LogP contribution in [-0.4, -0.2) is 27.9 Å². The fourth-order valence-electron chi connectivity index (χ4n) is 4.61. The number of allylic oxidation sites excluding steroid dienone is 2. The first-order chi connectivity index (χ1) is 16.0. The summed E-state index contributed by atoms with van der Waals surface area (Å²) in [5.41, 5.74) is 4.48. The van der Waals surface area contributed by atoms with Crippen LogP contribution in [0.25, 0.3) is 5.57 Å². The number of aliphatic hydroxyl groups excluding tert-OH is 2. The van der Waals surface area contributed by atoms with Crippen LogP contribution in [0.5, 0.6) is 0 Å². The van der Waals surface area contributed by atoms with Crippen LogP contribution >= 0.6 is 11.3 Å². The number of aliphatic hydroxyl groups is 2. The molecule has 1 heterocycles. The molecule has 1 aliphatic carbocycles. The van der Waals surface area contributed by atoms with Gasteiger partial charge < -0.3 is 15.3 Å². The number of aryl methyl sites for hydroxylation is 1. The monoisotopic (exact) mass is 466 g/mol. The third-order valence-electron chi connectivity index (χ3n) is 6.33. The van der Waals surface area contributed by atoms with E-state index in [1.807, 2.05) is 18.2 Å². The molecule has 0 fully saturated rings. The number of rotatable bonds is 11. The Morgan fingerprint density at radius 3 is 2.61 bits per heavy atom. The largest absolute Gasteiger partial charge is 0.477 e. The zero-order chi connectivity index (χ0) is 23.6. The Labute approximate surface area is 201 Å². The minimum absolute atomic E-state index is 0.144. The van der Waals surface area contributed by atoms with Crippen LogP contribution in [-0.2, 0) is 6.42 Å². The van der Waals surface area contributed by atoms with Gasteiger partial charge in [-0.05, 0) is 73.3 Å². The topological polar surface area (TPSA) is 77.8 Å². The van der Waals surface area contributed by atoms with Crippen LogP contribution < -0.4 is 0 Å². The van der Waals surface area contributed by atoms with Crippen LogP contribution in [0.15, 0.2) is 42.0 Å². The molecule has 1 aromatic heterocycles. The Kier molecular flexibility index (Phi) is 9.75. The van der Waals surface area contributed by atoms with Crippen molar-refractivity contribution < 1.29 is 20.1 Å². The fourth-order valence-corrected chi connectivity index (χ4v) is 5.50. The number of hydrogen-bond acceptors (Lipinski definition) is 4. The third-order valence-corrected chi connectivity index (χ3v) is 7.46. The van der Waals surface area contributed by atoms with Crippen molar-refractivity contribution in [3.8, 4) is 11.8 Å². The highest BCUT2D eigenvalue weighted by molar-refractivity contribution is 7.13. The van der Waals surface area contributed by atoms with Gasteiger partial charge in [0.1, 0.15) is 11.5 Å². The molecule has 2 atom stereocenters. The Bertz CT molecular complexity index is 1010. The van der Waals surface area contributed by atoms with Crippen molar-refractivity contribution in [1.29, 1.82) is 0 Å². The molecule has 3 N–H and O–H groups in total. The number of benzene rings is 1. The van der Waals surface area contributed by atoms with E-state index in [1.54, 1.807) is 6.07 Å². The summed E-state index contributed by atoms with van der Waals surface area (Å²) < 4.78 is 0. The lowest BCUT2D eigenvalue weighted by Crippen LogP contribution is -2.02. The van der Waals surface area contributed by atoms with Crippen LogP contribution in [0, 0.1) is 17.8 Å². The van der Waals surface area contributed by atoms with Crippen LogP contribution in [0.3, 0.4) is 0 Å². The fraction of sp³-hybridized carbons (Fsp3) is 0.464. The Morgan fingerprint density at radius 1 is 1.15 bits per heavy atom. The first-order valence-corrected chi connectivity index (χ1v) is 12.8. The number of carbonyl (C=O) groups is 1. The van der Waals surface area contributed by atoms with E-state index in [-0.39, 0.29) is 6.61 Å². The molecule has 176 valence electrons. The molecule has 0 saturated heterocycles. The van der Waals surface area contributed by atoms with Gasteiger partial charge >= 0.3 is 5.97 Å². The van der Waals surface area contributed by atoms with Crippen molar-refractivity contribution in [2.75, 3.05) is 6.61 Å². The molecule has 3 rings (SSSR count). The van der Waals surface area contributed by atoms with Gasteiger partial charge in [-0.3, -0.25) is 0 Å². The predicted octanol–water partition coefficient (Wildman–Crippen LogP) is 6.24. The number of aromatic carboxylic acids is 1. The summed E-state index contributed by atoms with van der Waals surface area (Å²) in [7, 11) is 0. The molecule has 1 unspecified atom stereocenters. The smallest absolute Gasteiger partial charge is 0.345 e. The maximum atomic E-state index is 11.1. The molecule has 0 amide bonds. The Morgan fingerprint density at radius 2 is 1.94 bits per heavy atom. The van der Waals surface area contributed by atoms with Gasteiger partial charge in [0.2, 0.25) is 0 Å². The summed E-state index contributed by atoms with van der Waals surface area (Å²) >= 11 is 1.36. The zero-order valence-electron chi connectivity index (χ0n) is 19.3.